The minimum atomic E-state index is -4.12. The lowest BCUT2D eigenvalue weighted by Gasteiger charge is -2.37. The molecule has 90 valence electrons. The van der Waals surface area contributed by atoms with Gasteiger partial charge in [-0.2, -0.15) is 13.2 Å². The van der Waals surface area contributed by atoms with Gasteiger partial charge in [-0.05, 0) is 6.92 Å². The molecule has 0 bridgehead atoms. The number of halogens is 3. The third kappa shape index (κ3) is 4.36. The first-order chi connectivity index (χ1) is 6.92. The molecule has 3 nitrogen and oxygen atoms in total. The first-order valence-electron chi connectivity index (χ1n) is 4.95. The summed E-state index contributed by atoms with van der Waals surface area (Å²) in [6.45, 7) is 2.40. The predicted molar refractivity (Wildman–Crippen MR) is 48.5 cm³/mol. The molecule has 0 aromatic rings. The summed E-state index contributed by atoms with van der Waals surface area (Å²) in [6.07, 6.45) is -5.28. The van der Waals surface area contributed by atoms with Crippen LogP contribution in [-0.4, -0.2) is 54.6 Å². The maximum atomic E-state index is 12.0. The van der Waals surface area contributed by atoms with Crippen LogP contribution in [-0.2, 0) is 4.74 Å². The highest BCUT2D eigenvalue weighted by molar-refractivity contribution is 4.77. The summed E-state index contributed by atoms with van der Waals surface area (Å²) in [5.74, 6) is 0. The summed E-state index contributed by atoms with van der Waals surface area (Å²) in [5, 5.41) is 8.85. The lowest BCUT2D eigenvalue weighted by atomic mass is 10.2. The lowest BCUT2D eigenvalue weighted by molar-refractivity contribution is -0.146. The van der Waals surface area contributed by atoms with Crippen molar-refractivity contribution in [3.8, 4) is 0 Å². The van der Waals surface area contributed by atoms with Crippen LogP contribution in [0, 0.1) is 0 Å². The van der Waals surface area contributed by atoms with Gasteiger partial charge in [-0.25, -0.2) is 0 Å². The van der Waals surface area contributed by atoms with Crippen LogP contribution in [0.1, 0.15) is 13.3 Å². The molecule has 0 aromatic heterocycles. The van der Waals surface area contributed by atoms with E-state index in [2.05, 4.69) is 0 Å². The molecule has 1 aliphatic rings. The van der Waals surface area contributed by atoms with E-state index in [9.17, 15) is 13.2 Å². The first kappa shape index (κ1) is 12.7. The van der Waals surface area contributed by atoms with Crippen molar-refractivity contribution < 1.29 is 23.0 Å². The van der Waals surface area contributed by atoms with E-state index in [0.29, 0.717) is 13.2 Å². The summed E-state index contributed by atoms with van der Waals surface area (Å²) < 4.78 is 41.3. The molecule has 0 aromatic carbocycles. The molecule has 1 N–H and O–H groups in total. The Balaban J connectivity index is 2.38. The molecule has 1 heterocycles. The van der Waals surface area contributed by atoms with Crippen LogP contribution < -0.4 is 0 Å². The minimum absolute atomic E-state index is 0.0184. The quantitative estimate of drug-likeness (QED) is 0.781. The molecule has 1 rings (SSSR count). The third-order valence-corrected chi connectivity index (χ3v) is 2.52. The zero-order valence-electron chi connectivity index (χ0n) is 8.63. The normalized spacial score (nSPS) is 29.4. The van der Waals surface area contributed by atoms with Crippen molar-refractivity contribution >= 4 is 0 Å². The van der Waals surface area contributed by atoms with Gasteiger partial charge in [-0.3, -0.25) is 4.90 Å². The highest BCUT2D eigenvalue weighted by Crippen LogP contribution is 2.21. The van der Waals surface area contributed by atoms with Gasteiger partial charge in [0.05, 0.1) is 25.7 Å². The molecule has 1 fully saturated rings. The number of hydrogen-bond acceptors (Lipinski definition) is 3. The molecule has 6 heteroatoms. The fourth-order valence-corrected chi connectivity index (χ4v) is 1.57. The second kappa shape index (κ2) is 5.14. The van der Waals surface area contributed by atoms with Crippen molar-refractivity contribution in [2.45, 2.75) is 31.7 Å². The zero-order chi connectivity index (χ0) is 11.5. The van der Waals surface area contributed by atoms with Crippen LogP contribution in [0.15, 0.2) is 0 Å². The Morgan fingerprint density at radius 1 is 1.47 bits per heavy atom. The maximum Gasteiger partial charge on any atom is 0.390 e. The number of ether oxygens (including phenoxy) is 1. The SMILES string of the molecule is CC1COC(CO)CN1CCC(F)(F)F. The standard InChI is InChI=1S/C9H16F3NO2/c1-7-6-15-8(5-14)4-13(7)3-2-9(10,11)12/h7-8,14H,2-6H2,1H3. The Hall–Kier alpha value is -0.330. The topological polar surface area (TPSA) is 32.7 Å². The second-order valence-corrected chi connectivity index (χ2v) is 3.85. The highest BCUT2D eigenvalue weighted by Gasteiger charge is 2.31. The van der Waals surface area contributed by atoms with Gasteiger partial charge in [0, 0.05) is 19.1 Å². The van der Waals surface area contributed by atoms with Crippen LogP contribution in [0.4, 0.5) is 13.2 Å². The van der Waals surface area contributed by atoms with Gasteiger partial charge in [-0.1, -0.05) is 0 Å². The molecule has 0 spiro atoms. The van der Waals surface area contributed by atoms with Crippen molar-refractivity contribution in [3.05, 3.63) is 0 Å². The van der Waals surface area contributed by atoms with E-state index in [-0.39, 0.29) is 25.3 Å². The Kier molecular flexibility index (Phi) is 4.36. The highest BCUT2D eigenvalue weighted by atomic mass is 19.4. The number of aliphatic hydroxyl groups is 1. The van der Waals surface area contributed by atoms with E-state index in [1.165, 1.54) is 0 Å². The monoisotopic (exact) mass is 227 g/mol. The van der Waals surface area contributed by atoms with Crippen molar-refractivity contribution in [1.82, 2.24) is 4.90 Å². The number of alkyl halides is 3. The van der Waals surface area contributed by atoms with Gasteiger partial charge in [0.25, 0.3) is 0 Å². The molecule has 2 atom stereocenters. The zero-order valence-corrected chi connectivity index (χ0v) is 8.63. The molecule has 2 unspecified atom stereocenters. The Bertz CT molecular complexity index is 198. The smallest absolute Gasteiger partial charge is 0.390 e. The minimum Gasteiger partial charge on any atom is -0.394 e. The average Bonchev–Trinajstić information content (AvgIpc) is 2.15. The van der Waals surface area contributed by atoms with Crippen LogP contribution >= 0.6 is 0 Å². The number of aliphatic hydroxyl groups excluding tert-OH is 1. The van der Waals surface area contributed by atoms with E-state index >= 15 is 0 Å². The summed E-state index contributed by atoms with van der Waals surface area (Å²) in [6, 6.07) is -0.0184. The van der Waals surface area contributed by atoms with Gasteiger partial charge < -0.3 is 9.84 Å². The van der Waals surface area contributed by atoms with Gasteiger partial charge in [0.2, 0.25) is 0 Å². The average molecular weight is 227 g/mol. The number of morpholine rings is 1. The first-order valence-corrected chi connectivity index (χ1v) is 4.95. The Morgan fingerprint density at radius 2 is 2.13 bits per heavy atom. The molecule has 1 saturated heterocycles. The lowest BCUT2D eigenvalue weighted by Crippen LogP contribution is -2.50. The van der Waals surface area contributed by atoms with Crippen LogP contribution in [0.2, 0.25) is 0 Å². The molecular formula is C9H16F3NO2. The summed E-state index contributed by atoms with van der Waals surface area (Å²) in [4.78, 5) is 1.71. The Morgan fingerprint density at radius 3 is 2.67 bits per heavy atom. The maximum absolute atomic E-state index is 12.0. The third-order valence-electron chi connectivity index (χ3n) is 2.52. The summed E-state index contributed by atoms with van der Waals surface area (Å²) >= 11 is 0. The Labute approximate surface area is 86.8 Å². The van der Waals surface area contributed by atoms with Crippen molar-refractivity contribution in [2.24, 2.45) is 0 Å². The molecule has 0 aliphatic carbocycles. The van der Waals surface area contributed by atoms with Crippen LogP contribution in [0.5, 0.6) is 0 Å². The fraction of sp³-hybridized carbons (Fsp3) is 1.00. The molecule has 15 heavy (non-hydrogen) atoms. The number of rotatable bonds is 3. The van der Waals surface area contributed by atoms with E-state index in [1.807, 2.05) is 6.92 Å². The van der Waals surface area contributed by atoms with Crippen LogP contribution in [0.25, 0.3) is 0 Å². The fourth-order valence-electron chi connectivity index (χ4n) is 1.57. The summed E-state index contributed by atoms with van der Waals surface area (Å²) in [7, 11) is 0. The molecule has 1 aliphatic heterocycles. The number of hydrogen-bond donors (Lipinski definition) is 1. The number of nitrogens with zero attached hydrogens (tertiary/aromatic N) is 1. The molecule has 0 amide bonds. The van der Waals surface area contributed by atoms with Gasteiger partial charge in [0.1, 0.15) is 0 Å². The molecule has 0 radical (unpaired) electrons. The van der Waals surface area contributed by atoms with Crippen LogP contribution in [0.3, 0.4) is 0 Å². The second-order valence-electron chi connectivity index (χ2n) is 3.85. The van der Waals surface area contributed by atoms with Crippen molar-refractivity contribution in [1.29, 1.82) is 0 Å². The predicted octanol–water partition coefficient (Wildman–Crippen LogP) is 1.02. The van der Waals surface area contributed by atoms with E-state index in [0.717, 1.165) is 0 Å². The van der Waals surface area contributed by atoms with Gasteiger partial charge in [0.15, 0.2) is 0 Å². The molecular weight excluding hydrogens is 211 g/mol. The van der Waals surface area contributed by atoms with Gasteiger partial charge in [-0.15, -0.1) is 0 Å². The largest absolute Gasteiger partial charge is 0.394 e. The van der Waals surface area contributed by atoms with Gasteiger partial charge >= 0.3 is 6.18 Å². The van der Waals surface area contributed by atoms with E-state index in [4.69, 9.17) is 9.84 Å². The van der Waals surface area contributed by atoms with E-state index < -0.39 is 12.6 Å². The summed E-state index contributed by atoms with van der Waals surface area (Å²) in [5.41, 5.74) is 0. The molecule has 0 saturated carbocycles. The van der Waals surface area contributed by atoms with Crippen molar-refractivity contribution in [2.75, 3.05) is 26.3 Å². The van der Waals surface area contributed by atoms with Crippen molar-refractivity contribution in [3.63, 3.8) is 0 Å². The van der Waals surface area contributed by atoms with E-state index in [1.54, 1.807) is 4.90 Å².